The zero-order valence-corrected chi connectivity index (χ0v) is 9.84. The molecule has 1 N–H and O–H groups in total. The highest BCUT2D eigenvalue weighted by atomic mass is 32.1. The Balaban J connectivity index is 2.13. The summed E-state index contributed by atoms with van der Waals surface area (Å²) in [6.07, 6.45) is 0. The lowest BCUT2D eigenvalue weighted by atomic mass is 10.1. The van der Waals surface area contributed by atoms with Gasteiger partial charge in [0, 0.05) is 11.7 Å². The second-order valence-corrected chi connectivity index (χ2v) is 4.52. The molecule has 78 valence electrons. The van der Waals surface area contributed by atoms with Crippen molar-refractivity contribution in [3.63, 3.8) is 0 Å². The molecule has 0 radical (unpaired) electrons. The maximum Gasteiger partial charge on any atom is 0.0493 e. The minimum absolute atomic E-state index is 0.373. The molecule has 1 aromatic heterocycles. The average molecular weight is 217 g/mol. The summed E-state index contributed by atoms with van der Waals surface area (Å²) >= 11 is 1.74. The summed E-state index contributed by atoms with van der Waals surface area (Å²) in [6.45, 7) is 4.32. The number of benzene rings is 1. The number of para-hydroxylation sites is 1. The van der Waals surface area contributed by atoms with Gasteiger partial charge >= 0.3 is 0 Å². The Hall–Kier alpha value is -1.28. The summed E-state index contributed by atoms with van der Waals surface area (Å²) in [5.74, 6) is 0. The summed E-state index contributed by atoms with van der Waals surface area (Å²) in [6, 6.07) is 10.9. The van der Waals surface area contributed by atoms with Crippen LogP contribution in [0.3, 0.4) is 0 Å². The third-order valence-electron chi connectivity index (χ3n) is 2.56. The number of rotatable bonds is 3. The molecule has 15 heavy (non-hydrogen) atoms. The molecule has 1 nitrogen and oxygen atoms in total. The molecule has 2 heteroatoms. The molecule has 2 rings (SSSR count). The molecule has 0 saturated heterocycles. The fraction of sp³-hybridized carbons (Fsp3) is 0.231. The first-order valence-electron chi connectivity index (χ1n) is 5.11. The Bertz CT molecular complexity index is 420. The van der Waals surface area contributed by atoms with E-state index in [0.717, 1.165) is 0 Å². The zero-order valence-electron chi connectivity index (χ0n) is 9.03. The maximum absolute atomic E-state index is 3.52. The molecule has 0 aliphatic rings. The van der Waals surface area contributed by atoms with Gasteiger partial charge in [-0.3, -0.25) is 0 Å². The highest BCUT2D eigenvalue weighted by Gasteiger charge is 2.06. The highest BCUT2D eigenvalue weighted by Crippen LogP contribution is 2.22. The van der Waals surface area contributed by atoms with E-state index in [0.29, 0.717) is 6.04 Å². The topological polar surface area (TPSA) is 12.0 Å². The summed E-state index contributed by atoms with van der Waals surface area (Å²) in [5.41, 5.74) is 3.86. The molecule has 2 aromatic rings. The van der Waals surface area contributed by atoms with Gasteiger partial charge in [0.05, 0.1) is 0 Å². The summed E-state index contributed by atoms with van der Waals surface area (Å²) in [5, 5.41) is 7.83. The molecule has 0 amide bonds. The van der Waals surface area contributed by atoms with Crippen molar-refractivity contribution in [2.75, 3.05) is 5.32 Å². The van der Waals surface area contributed by atoms with Gasteiger partial charge in [0.2, 0.25) is 0 Å². The van der Waals surface area contributed by atoms with Gasteiger partial charge in [-0.05, 0) is 47.9 Å². The van der Waals surface area contributed by atoms with Gasteiger partial charge < -0.3 is 5.32 Å². The number of hydrogen-bond acceptors (Lipinski definition) is 2. The smallest absolute Gasteiger partial charge is 0.0493 e. The van der Waals surface area contributed by atoms with Crippen LogP contribution in [0.2, 0.25) is 0 Å². The molecule has 0 saturated carbocycles. The van der Waals surface area contributed by atoms with Crippen LogP contribution in [0.1, 0.15) is 24.1 Å². The van der Waals surface area contributed by atoms with Crippen LogP contribution in [0.4, 0.5) is 5.69 Å². The van der Waals surface area contributed by atoms with E-state index in [-0.39, 0.29) is 0 Å². The number of thiophene rings is 1. The van der Waals surface area contributed by atoms with Crippen LogP contribution >= 0.6 is 11.3 Å². The van der Waals surface area contributed by atoms with Crippen LogP contribution in [0.5, 0.6) is 0 Å². The zero-order chi connectivity index (χ0) is 10.7. The Morgan fingerprint density at radius 2 is 2.00 bits per heavy atom. The lowest BCUT2D eigenvalue weighted by Crippen LogP contribution is -2.06. The van der Waals surface area contributed by atoms with Crippen molar-refractivity contribution in [3.05, 3.63) is 52.2 Å². The van der Waals surface area contributed by atoms with Gasteiger partial charge in [-0.1, -0.05) is 18.2 Å². The van der Waals surface area contributed by atoms with Crippen LogP contribution < -0.4 is 5.32 Å². The van der Waals surface area contributed by atoms with Crippen LogP contribution in [0.15, 0.2) is 41.1 Å². The first-order chi connectivity index (χ1) is 7.27. The van der Waals surface area contributed by atoms with Crippen LogP contribution in [0.25, 0.3) is 0 Å². The van der Waals surface area contributed by atoms with Crippen molar-refractivity contribution in [3.8, 4) is 0 Å². The lowest BCUT2D eigenvalue weighted by molar-refractivity contribution is 0.888. The first-order valence-corrected chi connectivity index (χ1v) is 6.06. The van der Waals surface area contributed by atoms with Crippen molar-refractivity contribution < 1.29 is 0 Å². The first kappa shape index (κ1) is 10.2. The van der Waals surface area contributed by atoms with Crippen molar-refractivity contribution >= 4 is 17.0 Å². The third kappa shape index (κ3) is 2.39. The van der Waals surface area contributed by atoms with E-state index in [4.69, 9.17) is 0 Å². The van der Waals surface area contributed by atoms with E-state index in [9.17, 15) is 0 Å². The second kappa shape index (κ2) is 4.49. The van der Waals surface area contributed by atoms with Crippen molar-refractivity contribution in [1.29, 1.82) is 0 Å². The van der Waals surface area contributed by atoms with E-state index in [1.54, 1.807) is 11.3 Å². The third-order valence-corrected chi connectivity index (χ3v) is 3.26. The summed E-state index contributed by atoms with van der Waals surface area (Å²) < 4.78 is 0. The summed E-state index contributed by atoms with van der Waals surface area (Å²) in [7, 11) is 0. The van der Waals surface area contributed by atoms with Crippen molar-refractivity contribution in [2.24, 2.45) is 0 Å². The van der Waals surface area contributed by atoms with Gasteiger partial charge in [0.25, 0.3) is 0 Å². The fourth-order valence-corrected chi connectivity index (χ4v) is 2.33. The normalized spacial score (nSPS) is 12.4. The molecule has 0 fully saturated rings. The van der Waals surface area contributed by atoms with E-state index in [1.165, 1.54) is 16.8 Å². The molecule has 1 heterocycles. The van der Waals surface area contributed by atoms with Crippen LogP contribution in [-0.4, -0.2) is 0 Å². The Morgan fingerprint density at radius 1 is 1.20 bits per heavy atom. The van der Waals surface area contributed by atoms with Gasteiger partial charge in [-0.2, -0.15) is 11.3 Å². The predicted octanol–water partition coefficient (Wildman–Crippen LogP) is 4.23. The monoisotopic (exact) mass is 217 g/mol. The standard InChI is InChI=1S/C13H15NS/c1-10-5-3-4-6-13(10)14-11(2)12-7-8-15-9-12/h3-9,11,14H,1-2H3. The van der Waals surface area contributed by atoms with Gasteiger partial charge in [0.15, 0.2) is 0 Å². The number of anilines is 1. The van der Waals surface area contributed by atoms with E-state index < -0.39 is 0 Å². The largest absolute Gasteiger partial charge is 0.378 e. The Labute approximate surface area is 94.8 Å². The van der Waals surface area contributed by atoms with Gasteiger partial charge in [-0.15, -0.1) is 0 Å². The number of hydrogen-bond donors (Lipinski definition) is 1. The minimum atomic E-state index is 0.373. The van der Waals surface area contributed by atoms with E-state index >= 15 is 0 Å². The number of nitrogens with one attached hydrogen (secondary N) is 1. The van der Waals surface area contributed by atoms with Crippen LogP contribution in [0, 0.1) is 6.92 Å². The molecule has 0 aliphatic heterocycles. The van der Waals surface area contributed by atoms with Crippen molar-refractivity contribution in [1.82, 2.24) is 0 Å². The molecule has 0 bridgehead atoms. The predicted molar refractivity (Wildman–Crippen MR) is 67.5 cm³/mol. The SMILES string of the molecule is Cc1ccccc1NC(C)c1ccsc1. The molecule has 0 aliphatic carbocycles. The molecule has 1 aromatic carbocycles. The van der Waals surface area contributed by atoms with E-state index in [2.05, 4.69) is 60.3 Å². The minimum Gasteiger partial charge on any atom is -0.378 e. The second-order valence-electron chi connectivity index (χ2n) is 3.74. The Morgan fingerprint density at radius 3 is 2.67 bits per heavy atom. The molecular weight excluding hydrogens is 202 g/mol. The van der Waals surface area contributed by atoms with Gasteiger partial charge in [0.1, 0.15) is 0 Å². The lowest BCUT2D eigenvalue weighted by Gasteiger charge is -2.15. The maximum atomic E-state index is 3.52. The number of aryl methyl sites for hydroxylation is 1. The van der Waals surface area contributed by atoms with E-state index in [1.807, 2.05) is 0 Å². The fourth-order valence-electron chi connectivity index (χ4n) is 1.57. The van der Waals surface area contributed by atoms with Crippen molar-refractivity contribution in [2.45, 2.75) is 19.9 Å². The highest BCUT2D eigenvalue weighted by molar-refractivity contribution is 7.07. The Kier molecular flexibility index (Phi) is 3.07. The quantitative estimate of drug-likeness (QED) is 0.811. The molecule has 0 spiro atoms. The summed E-state index contributed by atoms with van der Waals surface area (Å²) in [4.78, 5) is 0. The van der Waals surface area contributed by atoms with Crippen LogP contribution in [-0.2, 0) is 0 Å². The molecule has 1 unspecified atom stereocenters. The molecule has 1 atom stereocenters. The molecular formula is C13H15NS. The van der Waals surface area contributed by atoms with Gasteiger partial charge in [-0.25, -0.2) is 0 Å². The average Bonchev–Trinajstić information content (AvgIpc) is 2.74.